The predicted octanol–water partition coefficient (Wildman–Crippen LogP) is 12.5. The van der Waals surface area contributed by atoms with Crippen LogP contribution in [0.15, 0.2) is 170 Å². The third-order valence-corrected chi connectivity index (χ3v) is 10.2. The number of nitrogens with zero attached hydrogens (tertiary/aromatic N) is 6. The number of benzene rings is 7. The first kappa shape index (κ1) is 32.2. The van der Waals surface area contributed by atoms with Crippen molar-refractivity contribution < 1.29 is 0 Å². The van der Waals surface area contributed by atoms with Crippen molar-refractivity contribution in [2.24, 2.45) is 0 Å². The standard InChI is InChI=1S/C46H34N6S/c1-31-32(2)48-44-42(34-25-29-40(30-26-34)52(37-19-11-5-12-20-37)38-21-13-6-14-22-38)46-45(49-53-50-46)41(43(44)47-31)33-23-27-39(28-24-33)51(35-15-7-3-8-16-35)36-17-9-4-10-18-36/h3-30H,1-2H3. The van der Waals surface area contributed by atoms with Gasteiger partial charge in [0.15, 0.2) is 0 Å². The van der Waals surface area contributed by atoms with Crippen LogP contribution in [0, 0.1) is 13.8 Å². The number of hydrogen-bond donors (Lipinski definition) is 0. The molecule has 0 aliphatic carbocycles. The van der Waals surface area contributed by atoms with Crippen LogP contribution < -0.4 is 9.80 Å². The lowest BCUT2D eigenvalue weighted by atomic mass is 9.94. The summed E-state index contributed by atoms with van der Waals surface area (Å²) >= 11 is 1.22. The molecule has 9 rings (SSSR count). The average Bonchev–Trinajstić information content (AvgIpc) is 3.70. The van der Waals surface area contributed by atoms with E-state index in [9.17, 15) is 0 Å². The van der Waals surface area contributed by atoms with Crippen molar-refractivity contribution in [3.05, 3.63) is 181 Å². The first-order valence-corrected chi connectivity index (χ1v) is 18.3. The Morgan fingerprint density at radius 2 is 0.623 bits per heavy atom. The zero-order chi connectivity index (χ0) is 35.7. The largest absolute Gasteiger partial charge is 0.311 e. The highest BCUT2D eigenvalue weighted by atomic mass is 32.1. The van der Waals surface area contributed by atoms with Gasteiger partial charge < -0.3 is 9.80 Å². The van der Waals surface area contributed by atoms with Gasteiger partial charge in [0.2, 0.25) is 0 Å². The summed E-state index contributed by atoms with van der Waals surface area (Å²) in [5.74, 6) is 0. The van der Waals surface area contributed by atoms with Gasteiger partial charge in [-0.3, -0.25) is 0 Å². The Hall–Kier alpha value is -6.70. The normalized spacial score (nSPS) is 11.2. The van der Waals surface area contributed by atoms with Crippen LogP contribution in [0.5, 0.6) is 0 Å². The lowest BCUT2D eigenvalue weighted by molar-refractivity contribution is 1.10. The number of aromatic nitrogens is 4. The topological polar surface area (TPSA) is 58.0 Å². The fourth-order valence-corrected chi connectivity index (χ4v) is 7.56. The molecule has 0 aliphatic heterocycles. The van der Waals surface area contributed by atoms with Crippen molar-refractivity contribution in [3.8, 4) is 22.3 Å². The van der Waals surface area contributed by atoms with Crippen molar-refractivity contribution in [3.63, 3.8) is 0 Å². The molecule has 53 heavy (non-hydrogen) atoms. The quantitative estimate of drug-likeness (QED) is 0.157. The lowest BCUT2D eigenvalue weighted by Crippen LogP contribution is -2.09. The van der Waals surface area contributed by atoms with Crippen molar-refractivity contribution >= 4 is 67.9 Å². The molecule has 0 amide bonds. The van der Waals surface area contributed by atoms with E-state index in [1.165, 1.54) is 11.7 Å². The summed E-state index contributed by atoms with van der Waals surface area (Å²) in [7, 11) is 0. The van der Waals surface area contributed by atoms with Gasteiger partial charge in [-0.15, -0.1) is 0 Å². The number of anilines is 6. The van der Waals surface area contributed by atoms with E-state index in [1.807, 2.05) is 38.1 Å². The van der Waals surface area contributed by atoms with Crippen LogP contribution in [0.4, 0.5) is 34.1 Å². The third kappa shape index (κ3) is 5.97. The maximum Gasteiger partial charge on any atom is 0.115 e. The SMILES string of the molecule is Cc1nc2c(-c3ccc(N(c4ccccc4)c4ccccc4)cc3)c3nsnc3c(-c3ccc(N(c4ccccc4)c4ccccc4)cc3)c2nc1C. The summed E-state index contributed by atoms with van der Waals surface area (Å²) < 4.78 is 9.81. The number of hydrogen-bond acceptors (Lipinski definition) is 7. The van der Waals surface area contributed by atoms with Gasteiger partial charge in [-0.05, 0) is 97.8 Å². The number of rotatable bonds is 8. The first-order chi connectivity index (χ1) is 26.1. The molecule has 0 saturated carbocycles. The number of aryl methyl sites for hydroxylation is 2. The summed E-state index contributed by atoms with van der Waals surface area (Å²) in [6, 6.07) is 59.1. The van der Waals surface area contributed by atoms with Crippen molar-refractivity contribution in [1.82, 2.24) is 18.7 Å². The molecule has 0 unspecified atom stereocenters. The van der Waals surface area contributed by atoms with Crippen molar-refractivity contribution in [2.45, 2.75) is 13.8 Å². The van der Waals surface area contributed by atoms with Crippen LogP contribution in [-0.2, 0) is 0 Å². The van der Waals surface area contributed by atoms with E-state index >= 15 is 0 Å². The zero-order valence-corrected chi connectivity index (χ0v) is 30.1. The van der Waals surface area contributed by atoms with E-state index in [1.54, 1.807) is 0 Å². The second kappa shape index (κ2) is 13.8. The monoisotopic (exact) mass is 702 g/mol. The third-order valence-electron chi connectivity index (χ3n) is 9.63. The van der Waals surface area contributed by atoms with Gasteiger partial charge in [-0.2, -0.15) is 8.75 Å². The number of fused-ring (bicyclic) bond motifs is 2. The Morgan fingerprint density at radius 1 is 0.340 bits per heavy atom. The van der Waals surface area contributed by atoms with Gasteiger partial charge in [0.1, 0.15) is 11.0 Å². The molecule has 0 saturated heterocycles. The van der Waals surface area contributed by atoms with Crippen LogP contribution in [0.1, 0.15) is 11.4 Å². The van der Waals surface area contributed by atoms with E-state index in [0.717, 1.165) is 89.8 Å². The van der Waals surface area contributed by atoms with Crippen molar-refractivity contribution in [2.75, 3.05) is 9.80 Å². The number of para-hydroxylation sites is 4. The second-order valence-electron chi connectivity index (χ2n) is 12.9. The average molecular weight is 703 g/mol. The van der Waals surface area contributed by atoms with Crippen LogP contribution in [0.2, 0.25) is 0 Å². The highest BCUT2D eigenvalue weighted by molar-refractivity contribution is 7.00. The molecule has 7 heteroatoms. The first-order valence-electron chi connectivity index (χ1n) is 17.6. The fourth-order valence-electron chi connectivity index (χ4n) is 7.00. The molecular formula is C46H34N6S. The molecule has 0 aliphatic rings. The second-order valence-corrected chi connectivity index (χ2v) is 13.4. The van der Waals surface area contributed by atoms with Crippen molar-refractivity contribution in [1.29, 1.82) is 0 Å². The van der Waals surface area contributed by atoms with Gasteiger partial charge in [-0.1, -0.05) is 97.1 Å². The summed E-state index contributed by atoms with van der Waals surface area (Å²) in [6.07, 6.45) is 0. The molecule has 6 nitrogen and oxygen atoms in total. The van der Waals surface area contributed by atoms with Crippen LogP contribution >= 0.6 is 11.7 Å². The Balaban J connectivity index is 1.18. The predicted molar refractivity (Wildman–Crippen MR) is 220 cm³/mol. The molecule has 2 aromatic heterocycles. The Bertz CT molecular complexity index is 2400. The van der Waals surface area contributed by atoms with E-state index in [0.29, 0.717) is 0 Å². The molecule has 0 N–H and O–H groups in total. The highest BCUT2D eigenvalue weighted by Crippen LogP contribution is 2.44. The maximum atomic E-state index is 5.20. The van der Waals surface area contributed by atoms with Gasteiger partial charge in [0.05, 0.1) is 34.1 Å². The lowest BCUT2D eigenvalue weighted by Gasteiger charge is -2.25. The minimum Gasteiger partial charge on any atom is -0.311 e. The Morgan fingerprint density at radius 3 is 0.925 bits per heavy atom. The van der Waals surface area contributed by atoms with Gasteiger partial charge in [-0.25, -0.2) is 9.97 Å². The van der Waals surface area contributed by atoms with Gasteiger partial charge in [0, 0.05) is 45.3 Å². The fraction of sp³-hybridized carbons (Fsp3) is 0.0435. The Kier molecular flexibility index (Phi) is 8.38. The molecule has 2 heterocycles. The van der Waals surface area contributed by atoms with Gasteiger partial charge >= 0.3 is 0 Å². The van der Waals surface area contributed by atoms with E-state index in [2.05, 4.69) is 155 Å². The molecule has 7 aromatic carbocycles. The molecule has 0 atom stereocenters. The summed E-state index contributed by atoms with van der Waals surface area (Å²) in [5, 5.41) is 0. The van der Waals surface area contributed by atoms with E-state index in [4.69, 9.17) is 18.7 Å². The van der Waals surface area contributed by atoms with Gasteiger partial charge in [0.25, 0.3) is 0 Å². The molecule has 0 bridgehead atoms. The maximum absolute atomic E-state index is 5.20. The molecule has 254 valence electrons. The summed E-state index contributed by atoms with van der Waals surface area (Å²) in [6.45, 7) is 4.04. The smallest absolute Gasteiger partial charge is 0.115 e. The van der Waals surface area contributed by atoms with E-state index in [-0.39, 0.29) is 0 Å². The zero-order valence-electron chi connectivity index (χ0n) is 29.3. The summed E-state index contributed by atoms with van der Waals surface area (Å²) in [5.41, 5.74) is 15.4. The van der Waals surface area contributed by atoms with E-state index < -0.39 is 0 Å². The molecular weight excluding hydrogens is 669 g/mol. The molecule has 9 aromatic rings. The minimum atomic E-state index is 0.818. The molecule has 0 spiro atoms. The molecule has 0 radical (unpaired) electrons. The van der Waals surface area contributed by atoms with Crippen LogP contribution in [-0.4, -0.2) is 18.7 Å². The summed E-state index contributed by atoms with van der Waals surface area (Å²) in [4.78, 5) is 14.9. The minimum absolute atomic E-state index is 0.818. The Labute approximate surface area is 312 Å². The van der Waals surface area contributed by atoms with Crippen LogP contribution in [0.25, 0.3) is 44.3 Å². The highest BCUT2D eigenvalue weighted by Gasteiger charge is 2.24. The molecule has 0 fully saturated rings. The van der Waals surface area contributed by atoms with Crippen LogP contribution in [0.3, 0.4) is 0 Å².